The molecular formula is C20H21N3O7S. The zero-order chi connectivity index (χ0) is 23.1. The largest absolute Gasteiger partial charge is 0.462 e. The minimum absolute atomic E-state index is 0.0919. The predicted octanol–water partition coefficient (Wildman–Crippen LogP) is 2.72. The number of ether oxygens (including phenoxy) is 2. The third-order valence-electron chi connectivity index (χ3n) is 3.92. The number of esters is 2. The number of rotatable bonds is 8. The molecule has 1 heterocycles. The van der Waals surface area contributed by atoms with E-state index in [0.29, 0.717) is 16.1 Å². The standard InChI is InChI=1S/C20H21N3O7S/c1-4-29-19(27)15-10(2)16(11(3)24)31-17(15)23-14(25)9-30-18(26)12-5-7-13(8-6-12)22-20(21)28/h5-8H,4,9H2,1-3H3,(H,23,25)(H3,21,22,28). The minimum atomic E-state index is -0.766. The van der Waals surface area contributed by atoms with Crippen LogP contribution in [0.25, 0.3) is 0 Å². The van der Waals surface area contributed by atoms with Crippen LogP contribution in [0, 0.1) is 6.92 Å². The number of nitrogens with one attached hydrogen (secondary N) is 2. The Kier molecular flexibility index (Phi) is 7.86. The normalized spacial score (nSPS) is 10.2. The van der Waals surface area contributed by atoms with E-state index in [1.165, 1.54) is 31.2 Å². The van der Waals surface area contributed by atoms with E-state index in [1.54, 1.807) is 13.8 Å². The molecule has 31 heavy (non-hydrogen) atoms. The first kappa shape index (κ1) is 23.5. The lowest BCUT2D eigenvalue weighted by molar-refractivity contribution is -0.119. The number of nitrogens with two attached hydrogens (primary N) is 1. The maximum atomic E-state index is 12.3. The van der Waals surface area contributed by atoms with Crippen molar-refractivity contribution in [1.29, 1.82) is 0 Å². The van der Waals surface area contributed by atoms with Crippen LogP contribution in [0.3, 0.4) is 0 Å². The molecule has 0 saturated carbocycles. The van der Waals surface area contributed by atoms with Gasteiger partial charge in [-0.15, -0.1) is 11.3 Å². The molecule has 0 fully saturated rings. The molecule has 0 aliphatic rings. The molecule has 10 nitrogen and oxygen atoms in total. The molecule has 164 valence electrons. The van der Waals surface area contributed by atoms with Gasteiger partial charge in [-0.05, 0) is 50.6 Å². The number of amides is 3. The topological polar surface area (TPSA) is 154 Å². The van der Waals surface area contributed by atoms with Crippen LogP contribution in [0.2, 0.25) is 0 Å². The number of Topliss-reactive ketones (excluding diaryl/α,β-unsaturated/α-hetero) is 1. The summed E-state index contributed by atoms with van der Waals surface area (Å²) in [5.74, 6) is -2.38. The zero-order valence-corrected chi connectivity index (χ0v) is 17.9. The van der Waals surface area contributed by atoms with Gasteiger partial charge in [0, 0.05) is 5.69 Å². The van der Waals surface area contributed by atoms with Gasteiger partial charge < -0.3 is 25.8 Å². The molecule has 0 unspecified atom stereocenters. The average molecular weight is 447 g/mol. The first-order valence-corrected chi connectivity index (χ1v) is 9.90. The summed E-state index contributed by atoms with van der Waals surface area (Å²) in [5, 5.41) is 4.98. The number of hydrogen-bond donors (Lipinski definition) is 3. The van der Waals surface area contributed by atoms with Gasteiger partial charge in [0.05, 0.1) is 22.6 Å². The number of carbonyl (C=O) groups is 5. The Bertz CT molecular complexity index is 1030. The van der Waals surface area contributed by atoms with Crippen LogP contribution in [-0.4, -0.2) is 42.9 Å². The second-order valence-electron chi connectivity index (χ2n) is 6.23. The third-order valence-corrected chi connectivity index (χ3v) is 5.23. The number of ketones is 1. The summed E-state index contributed by atoms with van der Waals surface area (Å²) in [6.07, 6.45) is 0. The van der Waals surface area contributed by atoms with Crippen LogP contribution in [0.4, 0.5) is 15.5 Å². The van der Waals surface area contributed by atoms with Crippen LogP contribution in [0.15, 0.2) is 24.3 Å². The highest BCUT2D eigenvalue weighted by molar-refractivity contribution is 7.18. The van der Waals surface area contributed by atoms with E-state index >= 15 is 0 Å². The van der Waals surface area contributed by atoms with Crippen molar-refractivity contribution >= 4 is 51.7 Å². The van der Waals surface area contributed by atoms with Gasteiger partial charge >= 0.3 is 18.0 Å². The van der Waals surface area contributed by atoms with Gasteiger partial charge in [-0.2, -0.15) is 0 Å². The highest BCUT2D eigenvalue weighted by Gasteiger charge is 2.25. The molecule has 2 aromatic rings. The summed E-state index contributed by atoms with van der Waals surface area (Å²) in [5.41, 5.74) is 6.05. The molecule has 0 spiro atoms. The minimum Gasteiger partial charge on any atom is -0.462 e. The van der Waals surface area contributed by atoms with Gasteiger partial charge in [0.2, 0.25) is 0 Å². The fourth-order valence-electron chi connectivity index (χ4n) is 2.60. The Hall–Kier alpha value is -3.73. The number of primary amides is 1. The molecule has 2 rings (SSSR count). The molecule has 0 atom stereocenters. The second-order valence-corrected chi connectivity index (χ2v) is 7.25. The quantitative estimate of drug-likeness (QED) is 0.415. The monoisotopic (exact) mass is 447 g/mol. The average Bonchev–Trinajstić information content (AvgIpc) is 3.02. The van der Waals surface area contributed by atoms with Crippen molar-refractivity contribution in [3.63, 3.8) is 0 Å². The summed E-state index contributed by atoms with van der Waals surface area (Å²) in [6, 6.07) is 4.94. The third kappa shape index (κ3) is 6.12. The van der Waals surface area contributed by atoms with Crippen LogP contribution in [0.1, 0.15) is 49.8 Å². The molecule has 0 radical (unpaired) electrons. The van der Waals surface area contributed by atoms with Gasteiger partial charge in [0.25, 0.3) is 5.91 Å². The van der Waals surface area contributed by atoms with Crippen molar-refractivity contribution in [3.8, 4) is 0 Å². The Labute approximate surface area is 181 Å². The number of thiophene rings is 1. The fraction of sp³-hybridized carbons (Fsp3) is 0.250. The van der Waals surface area contributed by atoms with Crippen molar-refractivity contribution in [2.75, 3.05) is 23.8 Å². The van der Waals surface area contributed by atoms with Crippen LogP contribution in [-0.2, 0) is 14.3 Å². The maximum absolute atomic E-state index is 12.3. The second kappa shape index (κ2) is 10.3. The molecule has 0 aliphatic heterocycles. The predicted molar refractivity (Wildman–Crippen MR) is 114 cm³/mol. The van der Waals surface area contributed by atoms with Gasteiger partial charge in [0.1, 0.15) is 5.00 Å². The summed E-state index contributed by atoms with van der Waals surface area (Å²) in [4.78, 5) is 59.6. The van der Waals surface area contributed by atoms with Gasteiger partial charge in [0.15, 0.2) is 12.4 Å². The van der Waals surface area contributed by atoms with Crippen LogP contribution >= 0.6 is 11.3 Å². The Morgan fingerprint density at radius 1 is 1.00 bits per heavy atom. The van der Waals surface area contributed by atoms with Gasteiger partial charge in [-0.25, -0.2) is 14.4 Å². The summed E-state index contributed by atoms with van der Waals surface area (Å²) in [7, 11) is 0. The van der Waals surface area contributed by atoms with Crippen LogP contribution < -0.4 is 16.4 Å². The molecule has 3 amide bonds. The van der Waals surface area contributed by atoms with Gasteiger partial charge in [-0.1, -0.05) is 0 Å². The zero-order valence-electron chi connectivity index (χ0n) is 17.1. The van der Waals surface area contributed by atoms with E-state index in [1.807, 2.05) is 0 Å². The highest BCUT2D eigenvalue weighted by Crippen LogP contribution is 2.34. The van der Waals surface area contributed by atoms with E-state index in [-0.39, 0.29) is 28.5 Å². The van der Waals surface area contributed by atoms with Crippen molar-refractivity contribution in [2.24, 2.45) is 5.73 Å². The number of hydrogen-bond acceptors (Lipinski definition) is 8. The fourth-order valence-corrected chi connectivity index (χ4v) is 3.70. The molecule has 0 bridgehead atoms. The number of carbonyl (C=O) groups excluding carboxylic acids is 5. The Balaban J connectivity index is 2.06. The summed E-state index contributed by atoms with van der Waals surface area (Å²) in [6.45, 7) is 4.09. The SMILES string of the molecule is CCOC(=O)c1c(NC(=O)COC(=O)c2ccc(NC(N)=O)cc2)sc(C(C)=O)c1C. The first-order chi connectivity index (χ1) is 14.6. The Morgan fingerprint density at radius 2 is 1.65 bits per heavy atom. The summed E-state index contributed by atoms with van der Waals surface area (Å²) >= 11 is 0.946. The lowest BCUT2D eigenvalue weighted by Gasteiger charge is -2.08. The van der Waals surface area contributed by atoms with E-state index in [4.69, 9.17) is 15.2 Å². The van der Waals surface area contributed by atoms with Crippen molar-refractivity contribution in [2.45, 2.75) is 20.8 Å². The molecule has 11 heteroatoms. The molecule has 1 aromatic heterocycles. The molecule has 0 saturated heterocycles. The Morgan fingerprint density at radius 3 is 2.19 bits per heavy atom. The van der Waals surface area contributed by atoms with E-state index in [9.17, 15) is 24.0 Å². The van der Waals surface area contributed by atoms with Crippen molar-refractivity contribution in [3.05, 3.63) is 45.8 Å². The van der Waals surface area contributed by atoms with Gasteiger partial charge in [-0.3, -0.25) is 9.59 Å². The first-order valence-electron chi connectivity index (χ1n) is 9.09. The van der Waals surface area contributed by atoms with E-state index in [2.05, 4.69) is 10.6 Å². The summed E-state index contributed by atoms with van der Waals surface area (Å²) < 4.78 is 9.97. The lowest BCUT2D eigenvalue weighted by atomic mass is 10.1. The van der Waals surface area contributed by atoms with E-state index in [0.717, 1.165) is 11.3 Å². The smallest absolute Gasteiger partial charge is 0.341 e. The maximum Gasteiger partial charge on any atom is 0.341 e. The lowest BCUT2D eigenvalue weighted by Crippen LogP contribution is -2.22. The number of anilines is 2. The highest BCUT2D eigenvalue weighted by atomic mass is 32.1. The number of benzene rings is 1. The van der Waals surface area contributed by atoms with E-state index < -0.39 is 30.5 Å². The van der Waals surface area contributed by atoms with Crippen molar-refractivity contribution in [1.82, 2.24) is 0 Å². The molecule has 4 N–H and O–H groups in total. The molecule has 1 aromatic carbocycles. The van der Waals surface area contributed by atoms with Crippen LogP contribution in [0.5, 0.6) is 0 Å². The number of urea groups is 1. The molecular weight excluding hydrogens is 426 g/mol. The van der Waals surface area contributed by atoms with Crippen molar-refractivity contribution < 1.29 is 33.4 Å². The molecule has 0 aliphatic carbocycles.